The SMILES string of the molecule is O=c1cc[nH]cc1C=CCBr. The van der Waals surface area contributed by atoms with E-state index in [-0.39, 0.29) is 5.43 Å². The van der Waals surface area contributed by atoms with Crippen molar-refractivity contribution in [3.8, 4) is 0 Å². The van der Waals surface area contributed by atoms with Gasteiger partial charge in [-0.3, -0.25) is 4.79 Å². The van der Waals surface area contributed by atoms with Crippen LogP contribution in [0.2, 0.25) is 0 Å². The Morgan fingerprint density at radius 3 is 3.09 bits per heavy atom. The van der Waals surface area contributed by atoms with E-state index in [1.807, 2.05) is 6.08 Å². The molecule has 11 heavy (non-hydrogen) atoms. The first-order valence-electron chi connectivity index (χ1n) is 3.24. The molecule has 0 atom stereocenters. The lowest BCUT2D eigenvalue weighted by Gasteiger charge is -1.88. The maximum absolute atomic E-state index is 11.0. The molecule has 0 aromatic carbocycles. The van der Waals surface area contributed by atoms with Gasteiger partial charge in [-0.2, -0.15) is 0 Å². The zero-order valence-corrected chi connectivity index (χ0v) is 7.47. The first-order chi connectivity index (χ1) is 5.34. The molecule has 1 aromatic rings. The number of aromatic amines is 1. The van der Waals surface area contributed by atoms with Crippen LogP contribution >= 0.6 is 15.9 Å². The lowest BCUT2D eigenvalue weighted by Crippen LogP contribution is -2.01. The topological polar surface area (TPSA) is 32.9 Å². The minimum absolute atomic E-state index is 0.0425. The predicted octanol–water partition coefficient (Wildman–Crippen LogP) is 1.78. The van der Waals surface area contributed by atoms with Crippen LogP contribution < -0.4 is 5.43 Å². The Balaban J connectivity index is 2.95. The third kappa shape index (κ3) is 2.35. The summed E-state index contributed by atoms with van der Waals surface area (Å²) in [6, 6.07) is 1.51. The smallest absolute Gasteiger partial charge is 0.188 e. The molecule has 3 heteroatoms. The average molecular weight is 214 g/mol. The van der Waals surface area contributed by atoms with Crippen molar-refractivity contribution in [3.63, 3.8) is 0 Å². The Morgan fingerprint density at radius 1 is 1.64 bits per heavy atom. The van der Waals surface area contributed by atoms with E-state index in [1.54, 1.807) is 18.5 Å². The summed E-state index contributed by atoms with van der Waals surface area (Å²) in [6.45, 7) is 0. The minimum atomic E-state index is 0.0425. The number of hydrogen-bond acceptors (Lipinski definition) is 1. The molecule has 0 unspecified atom stereocenters. The van der Waals surface area contributed by atoms with E-state index < -0.39 is 0 Å². The summed E-state index contributed by atoms with van der Waals surface area (Å²) in [5.41, 5.74) is 0.730. The summed E-state index contributed by atoms with van der Waals surface area (Å²) in [5, 5.41) is 0.765. The lowest BCUT2D eigenvalue weighted by atomic mass is 10.2. The third-order valence-electron chi connectivity index (χ3n) is 1.24. The van der Waals surface area contributed by atoms with Crippen molar-refractivity contribution in [2.24, 2.45) is 0 Å². The largest absolute Gasteiger partial charge is 0.367 e. The van der Waals surface area contributed by atoms with E-state index in [2.05, 4.69) is 20.9 Å². The van der Waals surface area contributed by atoms with Gasteiger partial charge in [-0.1, -0.05) is 28.1 Å². The van der Waals surface area contributed by atoms with Gasteiger partial charge in [0.05, 0.1) is 0 Å². The zero-order chi connectivity index (χ0) is 8.10. The van der Waals surface area contributed by atoms with Gasteiger partial charge in [0.1, 0.15) is 0 Å². The Kier molecular flexibility index (Phi) is 3.11. The van der Waals surface area contributed by atoms with E-state index >= 15 is 0 Å². The lowest BCUT2D eigenvalue weighted by molar-refractivity contribution is 1.29. The summed E-state index contributed by atoms with van der Waals surface area (Å²) in [6.07, 6.45) is 6.97. The number of rotatable bonds is 2. The summed E-state index contributed by atoms with van der Waals surface area (Å²) in [4.78, 5) is 13.9. The van der Waals surface area contributed by atoms with Crippen molar-refractivity contribution < 1.29 is 0 Å². The molecule has 0 bridgehead atoms. The molecule has 1 aromatic heterocycles. The standard InChI is InChI=1S/C8H8BrNO/c9-4-1-2-7-6-10-5-3-8(7)11/h1-3,5-6H,4H2,(H,10,11). The van der Waals surface area contributed by atoms with Crippen molar-refractivity contribution in [2.75, 3.05) is 5.33 Å². The molecule has 0 aliphatic carbocycles. The Morgan fingerprint density at radius 2 is 2.45 bits per heavy atom. The first-order valence-corrected chi connectivity index (χ1v) is 4.36. The quantitative estimate of drug-likeness (QED) is 0.748. The fraction of sp³-hybridized carbons (Fsp3) is 0.125. The molecule has 0 aliphatic heterocycles. The van der Waals surface area contributed by atoms with E-state index in [0.717, 1.165) is 5.33 Å². The van der Waals surface area contributed by atoms with Crippen LogP contribution in [0.1, 0.15) is 5.56 Å². The average Bonchev–Trinajstić information content (AvgIpc) is 2.03. The number of H-pyrrole nitrogens is 1. The highest BCUT2D eigenvalue weighted by Gasteiger charge is 1.89. The highest BCUT2D eigenvalue weighted by molar-refractivity contribution is 9.09. The zero-order valence-electron chi connectivity index (χ0n) is 5.88. The van der Waals surface area contributed by atoms with Gasteiger partial charge in [0.2, 0.25) is 0 Å². The van der Waals surface area contributed by atoms with E-state index in [0.29, 0.717) is 5.56 Å². The summed E-state index contributed by atoms with van der Waals surface area (Å²) >= 11 is 3.23. The molecule has 0 amide bonds. The van der Waals surface area contributed by atoms with Crippen LogP contribution in [0.15, 0.2) is 29.3 Å². The van der Waals surface area contributed by atoms with Crippen molar-refractivity contribution >= 4 is 22.0 Å². The van der Waals surface area contributed by atoms with Gasteiger partial charge in [-0.15, -0.1) is 0 Å². The molecule has 0 saturated heterocycles. The van der Waals surface area contributed by atoms with Crippen molar-refractivity contribution in [2.45, 2.75) is 0 Å². The Labute approximate surface area is 73.1 Å². The van der Waals surface area contributed by atoms with Gasteiger partial charge in [0, 0.05) is 29.4 Å². The molecule has 0 radical (unpaired) electrons. The van der Waals surface area contributed by atoms with Crippen molar-refractivity contribution in [3.05, 3.63) is 40.3 Å². The molecule has 2 nitrogen and oxygen atoms in total. The highest BCUT2D eigenvalue weighted by Crippen LogP contribution is 1.92. The number of nitrogens with one attached hydrogen (secondary N) is 1. The number of hydrogen-bond donors (Lipinski definition) is 1. The highest BCUT2D eigenvalue weighted by atomic mass is 79.9. The van der Waals surface area contributed by atoms with Gasteiger partial charge in [0.15, 0.2) is 5.43 Å². The van der Waals surface area contributed by atoms with Crippen molar-refractivity contribution in [1.29, 1.82) is 0 Å². The second-order valence-electron chi connectivity index (χ2n) is 2.02. The van der Waals surface area contributed by atoms with E-state index in [9.17, 15) is 4.79 Å². The van der Waals surface area contributed by atoms with E-state index in [1.165, 1.54) is 6.07 Å². The third-order valence-corrected chi connectivity index (χ3v) is 1.61. The predicted molar refractivity (Wildman–Crippen MR) is 49.9 cm³/mol. The Hall–Kier alpha value is -0.830. The Bertz CT molecular complexity index is 303. The fourth-order valence-corrected chi connectivity index (χ4v) is 0.918. The monoisotopic (exact) mass is 213 g/mol. The molecule has 0 fully saturated rings. The van der Waals surface area contributed by atoms with Gasteiger partial charge >= 0.3 is 0 Å². The number of alkyl halides is 1. The van der Waals surface area contributed by atoms with Gasteiger partial charge in [-0.05, 0) is 0 Å². The van der Waals surface area contributed by atoms with E-state index in [4.69, 9.17) is 0 Å². The second kappa shape index (κ2) is 4.13. The van der Waals surface area contributed by atoms with Crippen LogP contribution in [-0.4, -0.2) is 10.3 Å². The maximum atomic E-state index is 11.0. The number of pyridine rings is 1. The molecule has 0 aliphatic rings. The van der Waals surface area contributed by atoms with Crippen molar-refractivity contribution in [1.82, 2.24) is 4.98 Å². The maximum Gasteiger partial charge on any atom is 0.188 e. The van der Waals surface area contributed by atoms with Crippen LogP contribution in [0, 0.1) is 0 Å². The van der Waals surface area contributed by atoms with Gasteiger partial charge in [0.25, 0.3) is 0 Å². The molecular formula is C8H8BrNO. The molecule has 58 valence electrons. The fourth-order valence-electron chi connectivity index (χ4n) is 0.731. The van der Waals surface area contributed by atoms with Crippen LogP contribution in [0.4, 0.5) is 0 Å². The van der Waals surface area contributed by atoms with Gasteiger partial charge < -0.3 is 4.98 Å². The first kappa shape index (κ1) is 8.27. The molecule has 0 spiro atoms. The minimum Gasteiger partial charge on any atom is -0.367 e. The summed E-state index contributed by atoms with van der Waals surface area (Å²) in [7, 11) is 0. The normalized spacial score (nSPS) is 10.6. The molecule has 1 N–H and O–H groups in total. The van der Waals surface area contributed by atoms with Crippen LogP contribution in [-0.2, 0) is 0 Å². The van der Waals surface area contributed by atoms with Crippen LogP contribution in [0.25, 0.3) is 6.08 Å². The molecule has 1 rings (SSSR count). The number of allylic oxidation sites excluding steroid dienone is 1. The summed E-state index contributed by atoms with van der Waals surface area (Å²) in [5.74, 6) is 0. The number of halogens is 1. The van der Waals surface area contributed by atoms with Crippen LogP contribution in [0.3, 0.4) is 0 Å². The second-order valence-corrected chi connectivity index (χ2v) is 2.67. The number of aromatic nitrogens is 1. The molecular weight excluding hydrogens is 206 g/mol. The molecule has 0 saturated carbocycles. The van der Waals surface area contributed by atoms with Gasteiger partial charge in [-0.25, -0.2) is 0 Å². The summed E-state index contributed by atoms with van der Waals surface area (Å²) < 4.78 is 0. The molecule has 1 heterocycles. The van der Waals surface area contributed by atoms with Crippen LogP contribution in [0.5, 0.6) is 0 Å².